The summed E-state index contributed by atoms with van der Waals surface area (Å²) in [7, 11) is 11.7. The summed E-state index contributed by atoms with van der Waals surface area (Å²) in [5, 5.41) is 0. The van der Waals surface area contributed by atoms with Gasteiger partial charge in [0, 0.05) is 323 Å². The van der Waals surface area contributed by atoms with Crippen molar-refractivity contribution in [3.05, 3.63) is 168 Å². The van der Waals surface area contributed by atoms with Crippen LogP contribution in [-0.2, 0) is 45.8 Å². The highest BCUT2D eigenvalue weighted by Crippen LogP contribution is 2.44. The number of piperazine rings is 7. The van der Waals surface area contributed by atoms with Crippen molar-refractivity contribution in [2.45, 2.75) is 353 Å². The molecule has 0 aromatic carbocycles. The van der Waals surface area contributed by atoms with Gasteiger partial charge < -0.3 is 33.2 Å². The van der Waals surface area contributed by atoms with Gasteiger partial charge in [-0.2, -0.15) is 0 Å². The lowest BCUT2D eigenvalue weighted by atomic mass is 9.84. The fourth-order valence-electron chi connectivity index (χ4n) is 24.0. The minimum Gasteiger partial charge on any atom is -0.495 e. The Hall–Kier alpha value is -7.91. The van der Waals surface area contributed by atoms with Gasteiger partial charge in [-0.15, -0.1) is 0 Å². The average Bonchev–Trinajstić information content (AvgIpc) is 1.59. The highest BCUT2D eigenvalue weighted by atomic mass is 16.5. The van der Waals surface area contributed by atoms with Crippen LogP contribution in [0.2, 0.25) is 0 Å². The maximum Gasteiger partial charge on any atom is 0.213 e. The molecule has 22 rings (SSSR count). The van der Waals surface area contributed by atoms with E-state index < -0.39 is 0 Å². The highest BCUT2D eigenvalue weighted by Gasteiger charge is 2.53. The number of aromatic nitrogens is 7. The van der Waals surface area contributed by atoms with E-state index in [9.17, 15) is 0 Å². The average molecular weight is 1910 g/mol. The zero-order chi connectivity index (χ0) is 99.2. The van der Waals surface area contributed by atoms with E-state index in [0.29, 0.717) is 106 Å². The normalized spacial score (nSPS) is 27.2. The van der Waals surface area contributed by atoms with Crippen molar-refractivity contribution in [2.75, 3.05) is 141 Å². The Kier molecular flexibility index (Phi) is 34.6. The first-order chi connectivity index (χ1) is 66.2. The summed E-state index contributed by atoms with van der Waals surface area (Å²) in [5.74, 6) is 5.16. The molecule has 7 aromatic heterocycles. The molecule has 0 spiro atoms. The number of nitrogens with zero attached hydrogens (tertiary/aromatic N) is 21. The Morgan fingerprint density at radius 2 is 0.640 bits per heavy atom. The van der Waals surface area contributed by atoms with Gasteiger partial charge in [-0.05, 0) is 235 Å². The lowest BCUT2D eigenvalue weighted by Gasteiger charge is -2.59. The van der Waals surface area contributed by atoms with E-state index in [2.05, 4.69) is 278 Å². The minimum atomic E-state index is 0.286. The first-order valence-corrected chi connectivity index (χ1v) is 52.2. The second-order valence-corrected chi connectivity index (χ2v) is 47.3. The predicted molar refractivity (Wildman–Crippen MR) is 554 cm³/mol. The third kappa shape index (κ3) is 26.6. The van der Waals surface area contributed by atoms with Gasteiger partial charge in [0.25, 0.3) is 0 Å². The lowest BCUT2D eigenvalue weighted by molar-refractivity contribution is -0.100. The zero-order valence-electron chi connectivity index (χ0n) is 89.6. The van der Waals surface area contributed by atoms with Crippen LogP contribution in [0, 0.1) is 0 Å². The fourth-order valence-corrected chi connectivity index (χ4v) is 24.0. The maximum absolute atomic E-state index is 5.25. The molecule has 14 atom stereocenters. The third-order valence-corrected chi connectivity index (χ3v) is 32.4. The predicted octanol–water partition coefficient (Wildman–Crippen LogP) is 14.6. The van der Waals surface area contributed by atoms with Crippen molar-refractivity contribution in [2.24, 2.45) is 0 Å². The minimum absolute atomic E-state index is 0.286. The van der Waals surface area contributed by atoms with E-state index in [1.54, 1.807) is 56.0 Å². The maximum atomic E-state index is 5.25. The van der Waals surface area contributed by atoms with Gasteiger partial charge in [-0.25, -0.2) is 24.9 Å². The van der Waals surface area contributed by atoms with E-state index in [1.165, 1.54) is 171 Å². The van der Waals surface area contributed by atoms with Gasteiger partial charge in [0.2, 0.25) is 29.4 Å². The second kappa shape index (κ2) is 45.6. The van der Waals surface area contributed by atoms with Crippen LogP contribution in [0.3, 0.4) is 0 Å². The molecule has 0 aliphatic carbocycles. The molecule has 28 nitrogen and oxygen atoms in total. The molecule has 0 radical (unpaired) electrons. The molecule has 15 aliphatic rings. The Labute approximate surface area is 834 Å². The third-order valence-electron chi connectivity index (χ3n) is 32.4. The summed E-state index contributed by atoms with van der Waals surface area (Å²) in [4.78, 5) is 67.2. The van der Waals surface area contributed by atoms with Crippen LogP contribution in [0.15, 0.2) is 128 Å². The van der Waals surface area contributed by atoms with Gasteiger partial charge in [-0.1, -0.05) is 30.3 Å². The van der Waals surface area contributed by atoms with Crippen LogP contribution in [0.5, 0.6) is 40.9 Å². The van der Waals surface area contributed by atoms with Crippen LogP contribution in [-0.4, -0.2) is 369 Å². The summed E-state index contributed by atoms with van der Waals surface area (Å²) in [6.07, 6.45) is 24.1. The van der Waals surface area contributed by atoms with Gasteiger partial charge >= 0.3 is 0 Å². The van der Waals surface area contributed by atoms with Crippen molar-refractivity contribution >= 4 is 0 Å². The van der Waals surface area contributed by atoms with E-state index >= 15 is 0 Å². The van der Waals surface area contributed by atoms with Gasteiger partial charge in [-0.3, -0.25) is 78.6 Å². The van der Waals surface area contributed by atoms with Gasteiger partial charge in [0.05, 0.1) is 73.6 Å². The van der Waals surface area contributed by atoms with Crippen molar-refractivity contribution in [1.82, 2.24) is 103 Å². The first-order valence-electron chi connectivity index (χ1n) is 52.2. The molecule has 15 fully saturated rings. The fraction of sp³-hybridized carbons (Fsp3) is 0.685. The molecule has 0 N–H and O–H groups in total. The number of hydrogen-bond acceptors (Lipinski definition) is 28. The lowest BCUT2D eigenvalue weighted by Crippen LogP contribution is -2.70. The van der Waals surface area contributed by atoms with Crippen molar-refractivity contribution < 1.29 is 33.2 Å². The van der Waals surface area contributed by atoms with E-state index in [1.807, 2.05) is 79.6 Å². The zero-order valence-corrected chi connectivity index (χ0v) is 89.6. The summed E-state index contributed by atoms with van der Waals surface area (Å²) in [5.41, 5.74) is 10.1. The summed E-state index contributed by atoms with van der Waals surface area (Å²) in [6.45, 7) is 67.7. The molecular formula is C111H173N21O7. The van der Waals surface area contributed by atoms with Crippen LogP contribution in [0.1, 0.15) is 222 Å². The molecule has 22 heterocycles. The highest BCUT2D eigenvalue weighted by molar-refractivity contribution is 5.28. The molecule has 764 valence electrons. The van der Waals surface area contributed by atoms with Gasteiger partial charge in [0.1, 0.15) is 11.5 Å². The molecule has 14 unspecified atom stereocenters. The molecule has 0 amide bonds. The van der Waals surface area contributed by atoms with E-state index in [4.69, 9.17) is 33.2 Å². The Bertz CT molecular complexity index is 4710. The number of methoxy groups -OCH3 is 7. The molecule has 15 saturated heterocycles. The van der Waals surface area contributed by atoms with E-state index in [0.717, 1.165) is 105 Å². The van der Waals surface area contributed by atoms with E-state index in [-0.39, 0.29) is 11.1 Å². The number of likely N-dealkylation sites (tertiary alicyclic amines) is 11. The van der Waals surface area contributed by atoms with Crippen LogP contribution in [0.25, 0.3) is 0 Å². The Morgan fingerprint density at radius 3 is 0.986 bits per heavy atom. The standard InChI is InChI=1S/C17H27N3O.4C16H25N3O.2C15H23N3O/c1-17(2,3)19-11-14-6-7-15(12-19)20(14)10-13-5-8-16(21-4)18-9-13;1-16(2,3)18-10-13-6-14(11-18)19(13)9-12-5-15(20-4)8-17-7-12;1-16(2,3)18-10-13-7-14(11-18)19(13)9-12-5-6-15(20-4)8-17-12;1-16(2,3)18-10-13-7-14(11-18)19(13)9-12-5-6-15(20-4)17-8-12;1-16(2,3)18-10-13-8-14(11-18)19(13)9-12-6-5-7-15(17-12)20-4;1-11(2)18-10-13-6-14(18)9-17(13)8-12-4-5-15(19-3)16-7-12;1-11(2)18-13-6-14(18)10-17(9-13)8-12-4-5-15(19-3)16-7-12/h5,8-9,14-15H,6-7,10-12H2,1-4H3;5,7-8,13-14H,6,9-11H2,1-4H3;2*5-6,8,13-14H,7,9-11H2,1-4H3;5-7,13-14H,8-11H2,1-4H3;2*4-5,7,11,13-14H,6,8-10H2,1-3H3. The Balaban J connectivity index is 0.000000123. The van der Waals surface area contributed by atoms with Crippen molar-refractivity contribution in [1.29, 1.82) is 0 Å². The Morgan fingerprint density at radius 1 is 0.281 bits per heavy atom. The molecule has 28 heteroatoms. The largest absolute Gasteiger partial charge is 0.495 e. The summed E-state index contributed by atoms with van der Waals surface area (Å²) in [6, 6.07) is 40.0. The monoisotopic (exact) mass is 1910 g/mol. The smallest absolute Gasteiger partial charge is 0.213 e. The second-order valence-electron chi connectivity index (χ2n) is 47.3. The number of ether oxygens (including phenoxy) is 7. The molecule has 0 saturated carbocycles. The number of fused-ring (bicyclic) bond motifs is 14. The first kappa shape index (κ1) is 105. The number of hydrogen-bond donors (Lipinski definition) is 0. The molecule has 14 bridgehead atoms. The number of piperidine rings is 5. The molecule has 15 aliphatic heterocycles. The quantitative estimate of drug-likeness (QED) is 0.0585. The molecular weight excluding hydrogens is 1740 g/mol. The van der Waals surface area contributed by atoms with Crippen molar-refractivity contribution in [3.8, 4) is 40.9 Å². The summed E-state index contributed by atoms with van der Waals surface area (Å²) >= 11 is 0. The van der Waals surface area contributed by atoms with Crippen molar-refractivity contribution in [3.63, 3.8) is 0 Å². The molecule has 139 heavy (non-hydrogen) atoms. The van der Waals surface area contributed by atoms with Crippen LogP contribution < -0.4 is 33.2 Å². The summed E-state index contributed by atoms with van der Waals surface area (Å²) < 4.78 is 36.1. The molecule has 7 aromatic rings. The van der Waals surface area contributed by atoms with Crippen LogP contribution >= 0.6 is 0 Å². The number of rotatable bonds is 23. The SMILES string of the molecule is COc1ccc(CN2C3CC2CN(C(C)(C)C)C3)cn1.COc1ccc(CN2C3CC2CN(C(C)(C)C)C3)nc1.COc1ccc(CN2C3CCC2CN(C(C)(C)C)C3)cn1.COc1ccc(CN2CC3CC(C2)N3C(C)C)cn1.COc1ccc(CN2CC3CC2CN3C(C)C)cn1.COc1cccc(CN2C3CC2CN(C(C)(C)C)C3)n1.COc1cncc(CN2C3CC2CN(C(C)(C)C)C3)c1. The topological polar surface area (TPSA) is 200 Å². The van der Waals surface area contributed by atoms with Gasteiger partial charge in [0.15, 0.2) is 0 Å². The van der Waals surface area contributed by atoms with Crippen LogP contribution in [0.4, 0.5) is 0 Å². The number of pyridine rings is 7.